The quantitative estimate of drug-likeness (QED) is 0.702. The third kappa shape index (κ3) is 1.61. The van der Waals surface area contributed by atoms with Gasteiger partial charge in [-0.3, -0.25) is 0 Å². The summed E-state index contributed by atoms with van der Waals surface area (Å²) in [5.74, 6) is 0.634. The SMILES string of the molecule is Cc1c(C2CCCNC2)ncn1C. The summed E-state index contributed by atoms with van der Waals surface area (Å²) in [4.78, 5) is 4.46. The Bertz CT molecular complexity index is 284. The van der Waals surface area contributed by atoms with Crippen LogP contribution in [0.25, 0.3) is 0 Å². The van der Waals surface area contributed by atoms with Crippen molar-refractivity contribution in [2.75, 3.05) is 13.1 Å². The van der Waals surface area contributed by atoms with E-state index in [-0.39, 0.29) is 0 Å². The molecule has 3 heteroatoms. The largest absolute Gasteiger partial charge is 0.338 e. The lowest BCUT2D eigenvalue weighted by Crippen LogP contribution is -2.28. The zero-order chi connectivity index (χ0) is 9.26. The van der Waals surface area contributed by atoms with E-state index < -0.39 is 0 Å². The molecule has 1 aromatic heterocycles. The first-order chi connectivity index (χ1) is 6.29. The molecule has 0 saturated carbocycles. The minimum absolute atomic E-state index is 0.634. The molecule has 1 saturated heterocycles. The molecule has 1 aliphatic heterocycles. The smallest absolute Gasteiger partial charge is 0.0949 e. The van der Waals surface area contributed by atoms with Crippen molar-refractivity contribution in [1.82, 2.24) is 14.9 Å². The first-order valence-corrected chi connectivity index (χ1v) is 4.97. The van der Waals surface area contributed by atoms with Crippen LogP contribution in [0.5, 0.6) is 0 Å². The van der Waals surface area contributed by atoms with Gasteiger partial charge in [0.1, 0.15) is 0 Å². The third-order valence-electron chi connectivity index (χ3n) is 2.95. The van der Waals surface area contributed by atoms with Crippen LogP contribution >= 0.6 is 0 Å². The highest BCUT2D eigenvalue weighted by Gasteiger charge is 2.19. The van der Waals surface area contributed by atoms with Crippen molar-refractivity contribution in [3.63, 3.8) is 0 Å². The summed E-state index contributed by atoms with van der Waals surface area (Å²) in [5.41, 5.74) is 2.60. The van der Waals surface area contributed by atoms with Gasteiger partial charge < -0.3 is 9.88 Å². The molecular formula is C10H17N3. The van der Waals surface area contributed by atoms with Gasteiger partial charge in [0.2, 0.25) is 0 Å². The van der Waals surface area contributed by atoms with Gasteiger partial charge in [0.25, 0.3) is 0 Å². The van der Waals surface area contributed by atoms with E-state index in [4.69, 9.17) is 0 Å². The second kappa shape index (κ2) is 3.50. The Morgan fingerprint density at radius 1 is 1.62 bits per heavy atom. The van der Waals surface area contributed by atoms with E-state index in [0.29, 0.717) is 5.92 Å². The topological polar surface area (TPSA) is 29.9 Å². The Hall–Kier alpha value is -0.830. The van der Waals surface area contributed by atoms with E-state index in [0.717, 1.165) is 6.54 Å². The molecule has 0 aliphatic carbocycles. The number of piperidine rings is 1. The van der Waals surface area contributed by atoms with Crippen LogP contribution in [0.1, 0.15) is 30.1 Å². The minimum atomic E-state index is 0.634. The van der Waals surface area contributed by atoms with Crippen LogP contribution in [-0.2, 0) is 7.05 Å². The molecule has 3 nitrogen and oxygen atoms in total. The van der Waals surface area contributed by atoms with Gasteiger partial charge in [0.15, 0.2) is 0 Å². The van der Waals surface area contributed by atoms with Crippen LogP contribution in [0, 0.1) is 6.92 Å². The molecule has 1 fully saturated rings. The number of aryl methyl sites for hydroxylation is 1. The molecule has 1 N–H and O–H groups in total. The van der Waals surface area contributed by atoms with Crippen molar-refractivity contribution >= 4 is 0 Å². The highest BCUT2D eigenvalue weighted by molar-refractivity contribution is 5.17. The van der Waals surface area contributed by atoms with Crippen molar-refractivity contribution in [3.05, 3.63) is 17.7 Å². The standard InChI is InChI=1S/C10H17N3/c1-8-10(12-7-13(8)2)9-4-3-5-11-6-9/h7,9,11H,3-6H2,1-2H3. The predicted octanol–water partition coefficient (Wildman–Crippen LogP) is 1.20. The fraction of sp³-hybridized carbons (Fsp3) is 0.700. The van der Waals surface area contributed by atoms with Gasteiger partial charge in [-0.25, -0.2) is 4.98 Å². The summed E-state index contributed by atoms with van der Waals surface area (Å²) in [6, 6.07) is 0. The lowest BCUT2D eigenvalue weighted by molar-refractivity contribution is 0.454. The third-order valence-corrected chi connectivity index (χ3v) is 2.95. The maximum atomic E-state index is 4.46. The molecule has 1 aliphatic rings. The first kappa shape index (κ1) is 8.75. The fourth-order valence-corrected chi connectivity index (χ4v) is 2.00. The van der Waals surface area contributed by atoms with E-state index in [9.17, 15) is 0 Å². The molecule has 1 unspecified atom stereocenters. The van der Waals surface area contributed by atoms with Gasteiger partial charge >= 0.3 is 0 Å². The second-order valence-corrected chi connectivity index (χ2v) is 3.87. The molecule has 1 atom stereocenters. The highest BCUT2D eigenvalue weighted by Crippen LogP contribution is 2.23. The van der Waals surface area contributed by atoms with Gasteiger partial charge in [-0.05, 0) is 26.3 Å². The summed E-state index contributed by atoms with van der Waals surface area (Å²) >= 11 is 0. The number of aromatic nitrogens is 2. The number of hydrogen-bond acceptors (Lipinski definition) is 2. The average molecular weight is 179 g/mol. The summed E-state index contributed by atoms with van der Waals surface area (Å²) in [7, 11) is 2.06. The Morgan fingerprint density at radius 2 is 2.46 bits per heavy atom. The summed E-state index contributed by atoms with van der Waals surface area (Å²) in [6.45, 7) is 4.41. The summed E-state index contributed by atoms with van der Waals surface area (Å²) in [5, 5.41) is 3.42. The Balaban J connectivity index is 2.18. The van der Waals surface area contributed by atoms with Crippen LogP contribution in [-0.4, -0.2) is 22.6 Å². The molecular weight excluding hydrogens is 162 g/mol. The van der Waals surface area contributed by atoms with E-state index in [1.54, 1.807) is 0 Å². The second-order valence-electron chi connectivity index (χ2n) is 3.87. The Labute approximate surface area is 79.2 Å². The van der Waals surface area contributed by atoms with E-state index >= 15 is 0 Å². The molecule has 1 aromatic rings. The highest BCUT2D eigenvalue weighted by atomic mass is 15.0. The zero-order valence-electron chi connectivity index (χ0n) is 8.38. The molecule has 2 heterocycles. The van der Waals surface area contributed by atoms with Crippen LogP contribution < -0.4 is 5.32 Å². The van der Waals surface area contributed by atoms with Gasteiger partial charge in [-0.15, -0.1) is 0 Å². The number of hydrogen-bond donors (Lipinski definition) is 1. The Morgan fingerprint density at radius 3 is 3.00 bits per heavy atom. The molecule has 0 amide bonds. The number of nitrogens with zero attached hydrogens (tertiary/aromatic N) is 2. The van der Waals surface area contributed by atoms with E-state index in [2.05, 4.69) is 28.8 Å². The monoisotopic (exact) mass is 179 g/mol. The molecule has 2 rings (SSSR count). The van der Waals surface area contributed by atoms with Gasteiger partial charge in [-0.1, -0.05) is 0 Å². The van der Waals surface area contributed by atoms with Gasteiger partial charge in [-0.2, -0.15) is 0 Å². The van der Waals surface area contributed by atoms with Crippen LogP contribution in [0.3, 0.4) is 0 Å². The summed E-state index contributed by atoms with van der Waals surface area (Å²) < 4.78 is 2.10. The van der Waals surface area contributed by atoms with Crippen LogP contribution in [0.2, 0.25) is 0 Å². The maximum Gasteiger partial charge on any atom is 0.0949 e. The molecule has 0 aromatic carbocycles. The first-order valence-electron chi connectivity index (χ1n) is 4.97. The minimum Gasteiger partial charge on any atom is -0.338 e. The molecule has 13 heavy (non-hydrogen) atoms. The molecule has 72 valence electrons. The molecule has 0 radical (unpaired) electrons. The van der Waals surface area contributed by atoms with Gasteiger partial charge in [0.05, 0.1) is 12.0 Å². The maximum absolute atomic E-state index is 4.46. The van der Waals surface area contributed by atoms with Crippen molar-refractivity contribution in [2.45, 2.75) is 25.7 Å². The number of rotatable bonds is 1. The van der Waals surface area contributed by atoms with Crippen molar-refractivity contribution in [1.29, 1.82) is 0 Å². The zero-order valence-corrected chi connectivity index (χ0v) is 8.38. The lowest BCUT2D eigenvalue weighted by atomic mass is 9.95. The Kier molecular flexibility index (Phi) is 2.36. The van der Waals surface area contributed by atoms with Gasteiger partial charge in [0, 0.05) is 25.2 Å². The van der Waals surface area contributed by atoms with Crippen LogP contribution in [0.15, 0.2) is 6.33 Å². The van der Waals surface area contributed by atoms with Crippen molar-refractivity contribution in [2.24, 2.45) is 7.05 Å². The number of imidazole rings is 1. The van der Waals surface area contributed by atoms with Crippen molar-refractivity contribution in [3.8, 4) is 0 Å². The molecule has 0 spiro atoms. The van der Waals surface area contributed by atoms with Crippen molar-refractivity contribution < 1.29 is 0 Å². The number of nitrogens with one attached hydrogen (secondary N) is 1. The molecule has 0 bridgehead atoms. The lowest BCUT2D eigenvalue weighted by Gasteiger charge is -2.21. The van der Waals surface area contributed by atoms with Crippen LogP contribution in [0.4, 0.5) is 0 Å². The normalized spacial score (nSPS) is 23.4. The summed E-state index contributed by atoms with van der Waals surface area (Å²) in [6.07, 6.45) is 4.48. The fourth-order valence-electron chi connectivity index (χ4n) is 2.00. The average Bonchev–Trinajstić information content (AvgIpc) is 2.49. The van der Waals surface area contributed by atoms with E-state index in [1.807, 2.05) is 6.33 Å². The van der Waals surface area contributed by atoms with E-state index in [1.165, 1.54) is 30.8 Å². The predicted molar refractivity (Wildman–Crippen MR) is 52.8 cm³/mol.